The van der Waals surface area contributed by atoms with Crippen LogP contribution in [0.1, 0.15) is 65.7 Å². The maximum atomic E-state index is 6.03. The second-order valence-electron chi connectivity index (χ2n) is 6.11. The van der Waals surface area contributed by atoms with Gasteiger partial charge < -0.3 is 18.9 Å². The number of ether oxygens (including phenoxy) is 4. The van der Waals surface area contributed by atoms with Gasteiger partial charge in [0.1, 0.15) is 0 Å². The van der Waals surface area contributed by atoms with Gasteiger partial charge in [0.15, 0.2) is 11.4 Å². The molecule has 0 saturated carbocycles. The van der Waals surface area contributed by atoms with Crippen LogP contribution in [0.5, 0.6) is 0 Å². The Bertz CT molecular complexity index is 278. The molecular weight excluding hydrogens is 268 g/mol. The highest BCUT2D eigenvalue weighted by atomic mass is 16.7. The van der Waals surface area contributed by atoms with Crippen molar-refractivity contribution in [3.8, 4) is 0 Å². The lowest BCUT2D eigenvalue weighted by atomic mass is 9.93. The number of unbranched alkanes of at least 4 members (excludes halogenated alkanes) is 4. The van der Waals surface area contributed by atoms with Gasteiger partial charge in [0.05, 0.1) is 12.7 Å². The zero-order chi connectivity index (χ0) is 15.8. The van der Waals surface area contributed by atoms with Crippen LogP contribution in [-0.2, 0) is 18.9 Å². The Labute approximate surface area is 130 Å². The van der Waals surface area contributed by atoms with Gasteiger partial charge in [-0.3, -0.25) is 0 Å². The molecule has 21 heavy (non-hydrogen) atoms. The van der Waals surface area contributed by atoms with Crippen molar-refractivity contribution >= 4 is 0 Å². The number of hydrogen-bond donors (Lipinski definition) is 0. The SMILES string of the molecule is CCCCCCCC1OC1(COCCC)C(C)(OC)OC. The smallest absolute Gasteiger partial charge is 0.199 e. The molecule has 126 valence electrons. The maximum absolute atomic E-state index is 6.03. The van der Waals surface area contributed by atoms with E-state index < -0.39 is 11.4 Å². The zero-order valence-electron chi connectivity index (χ0n) is 14.6. The summed E-state index contributed by atoms with van der Waals surface area (Å²) in [5.41, 5.74) is -0.448. The van der Waals surface area contributed by atoms with Gasteiger partial charge in [-0.05, 0) is 19.8 Å². The Morgan fingerprint density at radius 1 is 1.00 bits per heavy atom. The quantitative estimate of drug-likeness (QED) is 0.294. The molecule has 4 nitrogen and oxygen atoms in total. The standard InChI is InChI=1S/C17H34O4/c1-6-8-9-10-11-12-15-17(21-15,14-20-13-7-2)16(3,18-4)19-5/h15H,6-14H2,1-5H3. The summed E-state index contributed by atoms with van der Waals surface area (Å²) in [4.78, 5) is 0. The van der Waals surface area contributed by atoms with Gasteiger partial charge in [-0.2, -0.15) is 0 Å². The second-order valence-corrected chi connectivity index (χ2v) is 6.11. The Morgan fingerprint density at radius 2 is 1.67 bits per heavy atom. The molecule has 1 saturated heterocycles. The summed E-state index contributed by atoms with van der Waals surface area (Å²) < 4.78 is 23.0. The highest BCUT2D eigenvalue weighted by Crippen LogP contribution is 2.50. The highest BCUT2D eigenvalue weighted by Gasteiger charge is 2.68. The molecule has 1 aliphatic heterocycles. The van der Waals surface area contributed by atoms with E-state index in [1.807, 2.05) is 6.92 Å². The lowest BCUT2D eigenvalue weighted by Gasteiger charge is -2.33. The molecule has 0 aromatic carbocycles. The van der Waals surface area contributed by atoms with E-state index in [1.165, 1.54) is 32.1 Å². The third-order valence-electron chi connectivity index (χ3n) is 4.60. The molecule has 0 N–H and O–H groups in total. The molecule has 1 fully saturated rings. The van der Waals surface area contributed by atoms with Crippen LogP contribution in [0.15, 0.2) is 0 Å². The van der Waals surface area contributed by atoms with Crippen LogP contribution in [-0.4, -0.2) is 44.9 Å². The van der Waals surface area contributed by atoms with Gasteiger partial charge >= 0.3 is 0 Å². The minimum absolute atomic E-state index is 0.181. The molecule has 0 aromatic rings. The molecule has 0 amide bonds. The summed E-state index contributed by atoms with van der Waals surface area (Å²) in [6.07, 6.45) is 8.63. The lowest BCUT2D eigenvalue weighted by Crippen LogP contribution is -2.50. The minimum atomic E-state index is -0.741. The average Bonchev–Trinajstić information content (AvgIpc) is 3.21. The van der Waals surface area contributed by atoms with E-state index in [9.17, 15) is 0 Å². The third-order valence-corrected chi connectivity index (χ3v) is 4.60. The second kappa shape index (κ2) is 9.09. The topological polar surface area (TPSA) is 40.2 Å². The van der Waals surface area contributed by atoms with Gasteiger partial charge in [-0.25, -0.2) is 0 Å². The van der Waals surface area contributed by atoms with E-state index >= 15 is 0 Å². The van der Waals surface area contributed by atoms with Crippen LogP contribution in [0.4, 0.5) is 0 Å². The Balaban J connectivity index is 2.49. The first-order valence-corrected chi connectivity index (χ1v) is 8.46. The van der Waals surface area contributed by atoms with E-state index in [1.54, 1.807) is 14.2 Å². The van der Waals surface area contributed by atoms with E-state index in [-0.39, 0.29) is 6.10 Å². The summed E-state index contributed by atoms with van der Waals surface area (Å²) in [5.74, 6) is -0.741. The number of rotatable bonds is 13. The fourth-order valence-corrected chi connectivity index (χ4v) is 2.90. The molecule has 2 unspecified atom stereocenters. The molecule has 0 spiro atoms. The number of methoxy groups -OCH3 is 2. The zero-order valence-corrected chi connectivity index (χ0v) is 14.6. The Morgan fingerprint density at radius 3 is 2.24 bits per heavy atom. The van der Waals surface area contributed by atoms with E-state index in [2.05, 4.69) is 13.8 Å². The average molecular weight is 302 g/mol. The highest BCUT2D eigenvalue weighted by molar-refractivity contribution is 5.11. The molecular formula is C17H34O4. The van der Waals surface area contributed by atoms with Gasteiger partial charge in [0, 0.05) is 20.8 Å². The summed E-state index contributed by atoms with van der Waals surface area (Å²) in [6.45, 7) is 7.58. The fraction of sp³-hybridized carbons (Fsp3) is 1.00. The predicted octanol–water partition coefficient (Wildman–Crippen LogP) is 3.92. The van der Waals surface area contributed by atoms with Crippen LogP contribution in [0.25, 0.3) is 0 Å². The van der Waals surface area contributed by atoms with Crippen molar-refractivity contribution in [3.63, 3.8) is 0 Å². The minimum Gasteiger partial charge on any atom is -0.378 e. The molecule has 1 aliphatic rings. The summed E-state index contributed by atoms with van der Waals surface area (Å²) in [5, 5.41) is 0. The van der Waals surface area contributed by atoms with Crippen molar-refractivity contribution in [3.05, 3.63) is 0 Å². The van der Waals surface area contributed by atoms with E-state index in [0.29, 0.717) is 6.61 Å². The number of epoxide rings is 1. The first-order valence-electron chi connectivity index (χ1n) is 8.46. The first-order chi connectivity index (χ1) is 10.1. The van der Waals surface area contributed by atoms with Crippen molar-refractivity contribution in [1.29, 1.82) is 0 Å². The summed E-state index contributed by atoms with van der Waals surface area (Å²) >= 11 is 0. The molecule has 1 heterocycles. The number of hydrogen-bond acceptors (Lipinski definition) is 4. The normalized spacial score (nSPS) is 25.3. The van der Waals surface area contributed by atoms with Crippen LogP contribution < -0.4 is 0 Å². The molecule has 0 radical (unpaired) electrons. The summed E-state index contributed by atoms with van der Waals surface area (Å²) in [6, 6.07) is 0. The van der Waals surface area contributed by atoms with Gasteiger partial charge in [-0.1, -0.05) is 46.0 Å². The van der Waals surface area contributed by atoms with Gasteiger partial charge in [-0.15, -0.1) is 0 Å². The van der Waals surface area contributed by atoms with Crippen molar-refractivity contribution in [2.45, 2.75) is 83.2 Å². The molecule has 0 aliphatic carbocycles. The maximum Gasteiger partial charge on any atom is 0.199 e. The molecule has 2 atom stereocenters. The molecule has 4 heteroatoms. The van der Waals surface area contributed by atoms with Gasteiger partial charge in [0.25, 0.3) is 0 Å². The van der Waals surface area contributed by atoms with Crippen molar-refractivity contribution in [2.24, 2.45) is 0 Å². The van der Waals surface area contributed by atoms with Crippen LogP contribution in [0.2, 0.25) is 0 Å². The van der Waals surface area contributed by atoms with E-state index in [0.717, 1.165) is 19.4 Å². The Kier molecular flexibility index (Phi) is 8.17. The molecule has 0 bridgehead atoms. The van der Waals surface area contributed by atoms with Crippen molar-refractivity contribution < 1.29 is 18.9 Å². The third kappa shape index (κ3) is 4.65. The van der Waals surface area contributed by atoms with Gasteiger partial charge in [0.2, 0.25) is 0 Å². The molecule has 1 rings (SSSR count). The molecule has 0 aromatic heterocycles. The predicted molar refractivity (Wildman–Crippen MR) is 84.5 cm³/mol. The van der Waals surface area contributed by atoms with Crippen LogP contribution in [0, 0.1) is 0 Å². The largest absolute Gasteiger partial charge is 0.378 e. The Hall–Kier alpha value is -0.160. The van der Waals surface area contributed by atoms with Crippen molar-refractivity contribution in [2.75, 3.05) is 27.4 Å². The first kappa shape index (κ1) is 18.9. The van der Waals surface area contributed by atoms with E-state index in [4.69, 9.17) is 18.9 Å². The monoisotopic (exact) mass is 302 g/mol. The fourth-order valence-electron chi connectivity index (χ4n) is 2.90. The van der Waals surface area contributed by atoms with Crippen molar-refractivity contribution in [1.82, 2.24) is 0 Å². The van der Waals surface area contributed by atoms with Crippen LogP contribution in [0.3, 0.4) is 0 Å². The lowest BCUT2D eigenvalue weighted by molar-refractivity contribution is -0.242. The van der Waals surface area contributed by atoms with Crippen LogP contribution >= 0.6 is 0 Å². The summed E-state index contributed by atoms with van der Waals surface area (Å²) in [7, 11) is 3.34.